The Labute approximate surface area is 168 Å². The number of esters is 1. The number of hydrogen-bond donors (Lipinski definition) is 1. The van der Waals surface area contributed by atoms with E-state index in [9.17, 15) is 9.59 Å². The molecule has 0 unspecified atom stereocenters. The van der Waals surface area contributed by atoms with Crippen molar-refractivity contribution in [2.24, 2.45) is 0 Å². The Morgan fingerprint density at radius 2 is 1.89 bits per heavy atom. The molecule has 1 saturated heterocycles. The highest BCUT2D eigenvalue weighted by Crippen LogP contribution is 2.19. The summed E-state index contributed by atoms with van der Waals surface area (Å²) >= 11 is 5.88. The van der Waals surface area contributed by atoms with Gasteiger partial charge >= 0.3 is 5.97 Å². The maximum absolute atomic E-state index is 12.0. The van der Waals surface area contributed by atoms with Gasteiger partial charge in [0.1, 0.15) is 0 Å². The van der Waals surface area contributed by atoms with Gasteiger partial charge in [-0.3, -0.25) is 4.79 Å². The number of amides is 1. The molecular weight excluding hydrogens is 380 g/mol. The van der Waals surface area contributed by atoms with E-state index in [1.807, 2.05) is 30.3 Å². The lowest BCUT2D eigenvalue weighted by molar-refractivity contribution is -0.142. The van der Waals surface area contributed by atoms with E-state index < -0.39 is 11.9 Å². The minimum absolute atomic E-state index is 0.357. The summed E-state index contributed by atoms with van der Waals surface area (Å²) in [5.74, 6) is -0.999. The zero-order chi connectivity index (χ0) is 19.8. The highest BCUT2D eigenvalue weighted by atomic mass is 35.5. The summed E-state index contributed by atoms with van der Waals surface area (Å²) in [6.45, 7) is 2.78. The van der Waals surface area contributed by atoms with Crippen molar-refractivity contribution < 1.29 is 19.1 Å². The predicted molar refractivity (Wildman–Crippen MR) is 110 cm³/mol. The highest BCUT2D eigenvalue weighted by molar-refractivity contribution is 6.30. The van der Waals surface area contributed by atoms with Crippen molar-refractivity contribution in [2.45, 2.75) is 0 Å². The van der Waals surface area contributed by atoms with Crippen molar-refractivity contribution in [3.05, 3.63) is 65.2 Å². The van der Waals surface area contributed by atoms with Gasteiger partial charge < -0.3 is 19.7 Å². The summed E-state index contributed by atoms with van der Waals surface area (Å²) in [6.07, 6.45) is 2.84. The largest absolute Gasteiger partial charge is 0.452 e. The van der Waals surface area contributed by atoms with Gasteiger partial charge in [0.15, 0.2) is 6.61 Å². The SMILES string of the molecule is O=C(COC(=O)/C=C/c1cccc(Cl)c1)Nc1ccc(N2CCOCC2)cc1. The second-order valence-corrected chi connectivity index (χ2v) is 6.63. The number of anilines is 2. The Morgan fingerprint density at radius 1 is 1.14 bits per heavy atom. The molecular formula is C21H21ClN2O4. The number of halogens is 1. The Balaban J connectivity index is 1.44. The fourth-order valence-electron chi connectivity index (χ4n) is 2.73. The molecule has 0 radical (unpaired) electrons. The lowest BCUT2D eigenvalue weighted by Gasteiger charge is -2.28. The molecule has 0 aliphatic carbocycles. The van der Waals surface area contributed by atoms with Gasteiger partial charge in [-0.1, -0.05) is 23.7 Å². The molecule has 1 heterocycles. The summed E-state index contributed by atoms with van der Waals surface area (Å²) in [6, 6.07) is 14.6. The summed E-state index contributed by atoms with van der Waals surface area (Å²) in [4.78, 5) is 25.9. The molecule has 0 spiro atoms. The van der Waals surface area contributed by atoms with E-state index in [1.165, 1.54) is 6.08 Å². The first-order valence-electron chi connectivity index (χ1n) is 8.93. The average Bonchev–Trinajstić information content (AvgIpc) is 2.72. The molecule has 1 aliphatic heterocycles. The van der Waals surface area contributed by atoms with Crippen LogP contribution in [0, 0.1) is 0 Å². The van der Waals surface area contributed by atoms with Crippen LogP contribution in [0.2, 0.25) is 5.02 Å². The van der Waals surface area contributed by atoms with E-state index in [2.05, 4.69) is 10.2 Å². The fraction of sp³-hybridized carbons (Fsp3) is 0.238. The third-order valence-electron chi connectivity index (χ3n) is 4.13. The van der Waals surface area contributed by atoms with E-state index in [0.717, 1.165) is 37.6 Å². The van der Waals surface area contributed by atoms with Crippen molar-refractivity contribution in [3.8, 4) is 0 Å². The number of rotatable bonds is 6. The first-order chi connectivity index (χ1) is 13.6. The van der Waals surface area contributed by atoms with Gasteiger partial charge in [0.2, 0.25) is 0 Å². The average molecular weight is 401 g/mol. The number of carbonyl (C=O) groups excluding carboxylic acids is 2. The first-order valence-corrected chi connectivity index (χ1v) is 9.31. The monoisotopic (exact) mass is 400 g/mol. The van der Waals surface area contributed by atoms with Crippen LogP contribution < -0.4 is 10.2 Å². The van der Waals surface area contributed by atoms with Crippen LogP contribution in [0.25, 0.3) is 6.08 Å². The van der Waals surface area contributed by atoms with Crippen LogP contribution in [-0.4, -0.2) is 44.8 Å². The molecule has 6 nitrogen and oxygen atoms in total. The lowest BCUT2D eigenvalue weighted by Crippen LogP contribution is -2.36. The van der Waals surface area contributed by atoms with Gasteiger partial charge in [-0.15, -0.1) is 0 Å². The number of nitrogens with one attached hydrogen (secondary N) is 1. The number of nitrogens with zero attached hydrogens (tertiary/aromatic N) is 1. The summed E-state index contributed by atoms with van der Waals surface area (Å²) in [7, 11) is 0. The molecule has 1 N–H and O–H groups in total. The molecule has 1 aliphatic rings. The molecule has 28 heavy (non-hydrogen) atoms. The number of carbonyl (C=O) groups is 2. The Bertz CT molecular complexity index is 846. The topological polar surface area (TPSA) is 67.9 Å². The first kappa shape index (κ1) is 19.9. The van der Waals surface area contributed by atoms with Gasteiger partial charge in [-0.2, -0.15) is 0 Å². The van der Waals surface area contributed by atoms with Crippen LogP contribution in [0.15, 0.2) is 54.6 Å². The molecule has 146 valence electrons. The Hall–Kier alpha value is -2.83. The maximum Gasteiger partial charge on any atom is 0.331 e. The molecule has 2 aromatic carbocycles. The quantitative estimate of drug-likeness (QED) is 0.594. The minimum atomic E-state index is -0.599. The van der Waals surface area contributed by atoms with Gasteiger partial charge in [0, 0.05) is 35.6 Å². The predicted octanol–water partition coefficient (Wildman–Crippen LogP) is 3.37. The molecule has 1 amide bonds. The van der Waals surface area contributed by atoms with Crippen LogP contribution in [0.5, 0.6) is 0 Å². The van der Waals surface area contributed by atoms with Crippen molar-refractivity contribution in [1.82, 2.24) is 0 Å². The zero-order valence-corrected chi connectivity index (χ0v) is 16.0. The molecule has 0 atom stereocenters. The maximum atomic E-state index is 12.0. The van der Waals surface area contributed by atoms with E-state index in [1.54, 1.807) is 24.3 Å². The Morgan fingerprint density at radius 3 is 2.61 bits per heavy atom. The van der Waals surface area contributed by atoms with Crippen LogP contribution in [0.1, 0.15) is 5.56 Å². The third kappa shape index (κ3) is 6.11. The number of ether oxygens (including phenoxy) is 2. The molecule has 3 rings (SSSR count). The van der Waals surface area contributed by atoms with Crippen LogP contribution in [0.4, 0.5) is 11.4 Å². The number of hydrogen-bond acceptors (Lipinski definition) is 5. The van der Waals surface area contributed by atoms with Gasteiger partial charge in [0.05, 0.1) is 13.2 Å². The van der Waals surface area contributed by atoms with E-state index in [-0.39, 0.29) is 6.61 Å². The zero-order valence-electron chi connectivity index (χ0n) is 15.3. The second kappa shape index (κ2) is 9.92. The molecule has 0 saturated carbocycles. The summed E-state index contributed by atoms with van der Waals surface area (Å²) in [5, 5.41) is 3.29. The number of benzene rings is 2. The standard InChI is InChI=1S/C21H21ClN2O4/c22-17-3-1-2-16(14-17)4-9-21(26)28-15-20(25)23-18-5-7-19(8-6-18)24-10-12-27-13-11-24/h1-9,14H,10-13,15H2,(H,23,25)/b9-4+. The number of morpholine rings is 1. The molecule has 2 aromatic rings. The van der Waals surface area contributed by atoms with Gasteiger partial charge in [-0.25, -0.2) is 4.79 Å². The molecule has 0 bridgehead atoms. The van der Waals surface area contributed by atoms with Gasteiger partial charge in [0.25, 0.3) is 5.91 Å². The molecule has 0 aromatic heterocycles. The van der Waals surface area contributed by atoms with E-state index >= 15 is 0 Å². The lowest BCUT2D eigenvalue weighted by atomic mass is 10.2. The van der Waals surface area contributed by atoms with E-state index in [4.69, 9.17) is 21.1 Å². The minimum Gasteiger partial charge on any atom is -0.452 e. The highest BCUT2D eigenvalue weighted by Gasteiger charge is 2.11. The third-order valence-corrected chi connectivity index (χ3v) is 4.37. The van der Waals surface area contributed by atoms with Crippen molar-refractivity contribution >= 4 is 40.9 Å². The van der Waals surface area contributed by atoms with E-state index in [0.29, 0.717) is 10.7 Å². The van der Waals surface area contributed by atoms with Crippen LogP contribution in [0.3, 0.4) is 0 Å². The van der Waals surface area contributed by atoms with Gasteiger partial charge in [-0.05, 0) is 48.0 Å². The summed E-state index contributed by atoms with van der Waals surface area (Å²) < 4.78 is 10.3. The van der Waals surface area contributed by atoms with Crippen LogP contribution in [-0.2, 0) is 19.1 Å². The smallest absolute Gasteiger partial charge is 0.331 e. The van der Waals surface area contributed by atoms with Crippen molar-refractivity contribution in [1.29, 1.82) is 0 Å². The van der Waals surface area contributed by atoms with Crippen molar-refractivity contribution in [3.63, 3.8) is 0 Å². The van der Waals surface area contributed by atoms with Crippen LogP contribution >= 0.6 is 11.6 Å². The second-order valence-electron chi connectivity index (χ2n) is 6.19. The van der Waals surface area contributed by atoms with Crippen molar-refractivity contribution in [2.75, 3.05) is 43.1 Å². The molecule has 7 heteroatoms. The Kier molecular flexibility index (Phi) is 7.06. The summed E-state index contributed by atoms with van der Waals surface area (Å²) in [5.41, 5.74) is 2.50. The fourth-order valence-corrected chi connectivity index (χ4v) is 2.93. The normalized spacial score (nSPS) is 14.1. The molecule has 1 fully saturated rings.